The maximum atomic E-state index is 11.3. The van der Waals surface area contributed by atoms with Gasteiger partial charge in [-0.25, -0.2) is 0 Å². The van der Waals surface area contributed by atoms with Gasteiger partial charge in [0.1, 0.15) is 5.60 Å². The summed E-state index contributed by atoms with van der Waals surface area (Å²) in [7, 11) is 0. The van der Waals surface area contributed by atoms with Crippen LogP contribution >= 0.6 is 0 Å². The van der Waals surface area contributed by atoms with Gasteiger partial charge < -0.3 is 24.4 Å². The first-order valence-corrected chi connectivity index (χ1v) is 18.6. The van der Waals surface area contributed by atoms with Gasteiger partial charge in [0.25, 0.3) is 0 Å². The zero-order valence-corrected chi connectivity index (χ0v) is 30.0. The van der Waals surface area contributed by atoms with Crippen LogP contribution in [0.2, 0.25) is 0 Å². The smallest absolute Gasteiger partial charge is 0.303 e. The molecule has 1 aliphatic heterocycles. The van der Waals surface area contributed by atoms with Crippen LogP contribution in [-0.4, -0.2) is 40.8 Å². The molecule has 6 nitrogen and oxygen atoms in total. The highest BCUT2D eigenvalue weighted by Gasteiger charge is 2.43. The minimum atomic E-state index is -0.828. The van der Waals surface area contributed by atoms with Crippen LogP contribution in [0, 0.1) is 17.8 Å². The van der Waals surface area contributed by atoms with E-state index in [0.717, 1.165) is 29.5 Å². The summed E-state index contributed by atoms with van der Waals surface area (Å²) in [5.41, 5.74) is 2.41. The number of allylic oxidation sites excluding steroid dienone is 4. The minimum absolute atomic E-state index is 0.0455. The molecule has 3 unspecified atom stereocenters. The summed E-state index contributed by atoms with van der Waals surface area (Å²) in [5.74, 6) is -0.600. The van der Waals surface area contributed by atoms with Gasteiger partial charge in [0.2, 0.25) is 6.29 Å². The van der Waals surface area contributed by atoms with Crippen molar-refractivity contribution in [1.82, 2.24) is 0 Å². The number of carboxylic acids is 1. The van der Waals surface area contributed by atoms with E-state index >= 15 is 0 Å². The molecule has 2 N–H and O–H groups in total. The molecule has 5 rings (SSSR count). The second kappa shape index (κ2) is 19.4. The van der Waals surface area contributed by atoms with Crippen molar-refractivity contribution < 1.29 is 29.2 Å². The van der Waals surface area contributed by atoms with Crippen LogP contribution in [0.5, 0.6) is 0 Å². The lowest BCUT2D eigenvalue weighted by Gasteiger charge is -2.40. The fraction of sp³-hybridized carbons (Fsp3) is 0.400. The lowest BCUT2D eigenvalue weighted by molar-refractivity contribution is -0.137. The topological polar surface area (TPSA) is 85.2 Å². The average Bonchev–Trinajstić information content (AvgIpc) is 3.45. The molecule has 3 aromatic carbocycles. The molecule has 0 radical (unpaired) electrons. The second-order valence-electron chi connectivity index (χ2n) is 13.8. The van der Waals surface area contributed by atoms with Gasteiger partial charge in [0.05, 0.1) is 24.6 Å². The molecule has 6 heteroatoms. The number of rotatable bonds is 19. The molecule has 2 aliphatic rings. The Morgan fingerprint density at radius 3 is 2.10 bits per heavy atom. The first kappa shape index (κ1) is 38.0. The Morgan fingerprint density at radius 1 is 0.922 bits per heavy atom. The molecular formula is C45H54O6. The van der Waals surface area contributed by atoms with Crippen LogP contribution in [0.4, 0.5) is 0 Å². The van der Waals surface area contributed by atoms with Gasteiger partial charge in [-0.15, -0.1) is 0 Å². The summed E-state index contributed by atoms with van der Waals surface area (Å²) < 4.78 is 19.7. The van der Waals surface area contributed by atoms with E-state index in [1.165, 1.54) is 0 Å². The van der Waals surface area contributed by atoms with E-state index in [-0.39, 0.29) is 36.4 Å². The second-order valence-corrected chi connectivity index (χ2v) is 13.8. The number of ether oxygens (including phenoxy) is 3. The van der Waals surface area contributed by atoms with E-state index in [1.54, 1.807) is 6.26 Å². The highest BCUT2D eigenvalue weighted by Crippen LogP contribution is 2.44. The Bertz CT molecular complexity index is 1480. The number of hydrogen-bond acceptors (Lipinski definition) is 5. The van der Waals surface area contributed by atoms with Crippen molar-refractivity contribution in [3.05, 3.63) is 156 Å². The summed E-state index contributed by atoms with van der Waals surface area (Å²) >= 11 is 0. The number of carbonyl (C=O) groups is 1. The molecule has 0 aromatic heterocycles. The largest absolute Gasteiger partial charge is 0.481 e. The van der Waals surface area contributed by atoms with Gasteiger partial charge in [-0.3, -0.25) is 4.79 Å². The van der Waals surface area contributed by atoms with Gasteiger partial charge >= 0.3 is 5.97 Å². The summed E-state index contributed by atoms with van der Waals surface area (Å²) in [5, 5.41) is 20.3. The molecule has 1 aliphatic carbocycles. The van der Waals surface area contributed by atoms with Gasteiger partial charge in [-0.05, 0) is 72.8 Å². The predicted molar refractivity (Wildman–Crippen MR) is 203 cm³/mol. The van der Waals surface area contributed by atoms with Crippen LogP contribution in [0.1, 0.15) is 81.9 Å². The molecule has 1 fully saturated rings. The normalized spacial score (nSPS) is 23.1. The fourth-order valence-corrected chi connectivity index (χ4v) is 7.55. The van der Waals surface area contributed by atoms with Crippen LogP contribution in [0.25, 0.3) is 0 Å². The van der Waals surface area contributed by atoms with Crippen LogP contribution in [-0.2, 0) is 24.6 Å². The SMILES string of the molecule is CCCC(C)C(C/C=C/[C@@H]1[C@@H](CC=CCCCC(=O)O)[C@@H](O)C[C@H]1OC1C=CC=CO1)OC(c1ccccc1)(c1ccccc1)c1ccccc1. The maximum Gasteiger partial charge on any atom is 0.303 e. The van der Waals surface area contributed by atoms with Crippen molar-refractivity contribution in [2.45, 2.75) is 95.4 Å². The van der Waals surface area contributed by atoms with Crippen molar-refractivity contribution in [3.63, 3.8) is 0 Å². The highest BCUT2D eigenvalue weighted by atomic mass is 16.7. The number of benzene rings is 3. The first-order valence-electron chi connectivity index (χ1n) is 18.6. The highest BCUT2D eigenvalue weighted by molar-refractivity contribution is 5.66. The van der Waals surface area contributed by atoms with Crippen molar-refractivity contribution in [2.24, 2.45) is 17.8 Å². The van der Waals surface area contributed by atoms with Crippen molar-refractivity contribution in [2.75, 3.05) is 0 Å². The van der Waals surface area contributed by atoms with Gasteiger partial charge in [0.15, 0.2) is 0 Å². The predicted octanol–water partition coefficient (Wildman–Crippen LogP) is 9.76. The van der Waals surface area contributed by atoms with Crippen LogP contribution in [0.3, 0.4) is 0 Å². The maximum absolute atomic E-state index is 11.3. The summed E-state index contributed by atoms with van der Waals surface area (Å²) in [6.07, 6.45) is 19.9. The standard InChI is InChI=1S/C45H54O6/c1-3-20-34(2)41(51-45(35-21-9-6-10-22-35,36-23-11-7-12-24-36)37-25-13-8-14-26-37)29-19-28-39-38(27-15-4-5-16-30-43(47)48)40(46)33-42(39)50-44-31-17-18-32-49-44/h4,6-15,17-19,21-26,28,31-32,34,38-42,44,46H,3,5,16,20,27,29-30,33H2,1-2H3,(H,47,48)/b15-4?,28-19+/t34?,38-,39-,40+,41?,42-,44?/m1/s1. The lowest BCUT2D eigenvalue weighted by Crippen LogP contribution is -2.39. The van der Waals surface area contributed by atoms with E-state index in [9.17, 15) is 9.90 Å². The van der Waals surface area contributed by atoms with E-state index < -0.39 is 24.0 Å². The fourth-order valence-electron chi connectivity index (χ4n) is 7.55. The quantitative estimate of drug-likeness (QED) is 0.0740. The molecule has 0 saturated heterocycles. The number of aliphatic carboxylic acids is 1. The number of carboxylic acid groups (broad SMARTS) is 1. The monoisotopic (exact) mass is 690 g/mol. The van der Waals surface area contributed by atoms with Gasteiger partial charge in [0, 0.05) is 18.8 Å². The Balaban J connectivity index is 1.45. The number of unbranched alkanes of at least 4 members (excludes halogenated alkanes) is 1. The molecule has 7 atom stereocenters. The van der Waals surface area contributed by atoms with E-state index in [4.69, 9.17) is 19.3 Å². The average molecular weight is 691 g/mol. The van der Waals surface area contributed by atoms with Crippen molar-refractivity contribution in [3.8, 4) is 0 Å². The number of aliphatic hydroxyl groups excluding tert-OH is 1. The van der Waals surface area contributed by atoms with Gasteiger partial charge in [-0.2, -0.15) is 0 Å². The first-order chi connectivity index (χ1) is 24.9. The number of hydrogen-bond donors (Lipinski definition) is 2. The zero-order valence-electron chi connectivity index (χ0n) is 30.0. The van der Waals surface area contributed by atoms with Crippen LogP contribution < -0.4 is 0 Å². The molecule has 1 saturated carbocycles. The van der Waals surface area contributed by atoms with Crippen LogP contribution in [0.15, 0.2) is 140 Å². The third kappa shape index (κ3) is 10.2. The third-order valence-corrected chi connectivity index (χ3v) is 10.2. The molecular weight excluding hydrogens is 636 g/mol. The van der Waals surface area contributed by atoms with E-state index in [0.29, 0.717) is 32.1 Å². The van der Waals surface area contributed by atoms with Gasteiger partial charge in [-0.1, -0.05) is 142 Å². The summed E-state index contributed by atoms with van der Waals surface area (Å²) in [4.78, 5) is 10.9. The molecule has 270 valence electrons. The molecule has 0 bridgehead atoms. The third-order valence-electron chi connectivity index (χ3n) is 10.2. The summed E-state index contributed by atoms with van der Waals surface area (Å²) in [6, 6.07) is 31.6. The molecule has 1 heterocycles. The Kier molecular flexibility index (Phi) is 14.5. The summed E-state index contributed by atoms with van der Waals surface area (Å²) in [6.45, 7) is 4.51. The Labute approximate surface area is 304 Å². The van der Waals surface area contributed by atoms with Crippen molar-refractivity contribution in [1.29, 1.82) is 0 Å². The Hall–Kier alpha value is -4.23. The Morgan fingerprint density at radius 2 is 1.55 bits per heavy atom. The molecule has 51 heavy (non-hydrogen) atoms. The molecule has 0 amide bonds. The molecule has 0 spiro atoms. The van der Waals surface area contributed by atoms with E-state index in [2.05, 4.69) is 105 Å². The van der Waals surface area contributed by atoms with Crippen molar-refractivity contribution >= 4 is 5.97 Å². The zero-order chi connectivity index (χ0) is 35.9. The minimum Gasteiger partial charge on any atom is -0.481 e. The van der Waals surface area contributed by atoms with E-state index in [1.807, 2.05) is 42.5 Å². The molecule has 3 aromatic rings. The lowest BCUT2D eigenvalue weighted by atomic mass is 9.79. The number of aliphatic hydroxyl groups is 1.